The fourth-order valence-electron chi connectivity index (χ4n) is 3.24. The maximum absolute atomic E-state index is 12.9. The van der Waals surface area contributed by atoms with Gasteiger partial charge in [-0.25, -0.2) is 4.98 Å². The van der Waals surface area contributed by atoms with Gasteiger partial charge in [-0.1, -0.05) is 39.0 Å². The zero-order valence-corrected chi connectivity index (χ0v) is 17.3. The molecule has 5 nitrogen and oxygen atoms in total. The number of nitrogens with one attached hydrogen (secondary N) is 2. The quantitative estimate of drug-likeness (QED) is 0.449. The van der Waals surface area contributed by atoms with Crippen LogP contribution in [0.15, 0.2) is 79.3 Å². The highest BCUT2D eigenvalue weighted by Gasteiger charge is 2.15. The number of rotatable bonds is 4. The normalized spacial score (nSPS) is 11.3. The van der Waals surface area contributed by atoms with E-state index in [2.05, 4.69) is 41.4 Å². The van der Waals surface area contributed by atoms with E-state index in [4.69, 9.17) is 0 Å². The van der Waals surface area contributed by atoms with Crippen LogP contribution in [0.2, 0.25) is 0 Å². The highest BCUT2D eigenvalue weighted by atomic mass is 16.1. The molecule has 5 heteroatoms. The second kappa shape index (κ2) is 7.95. The Bertz CT molecular complexity index is 1190. The highest BCUT2D eigenvalue weighted by Crippen LogP contribution is 2.25. The van der Waals surface area contributed by atoms with Crippen molar-refractivity contribution in [2.24, 2.45) is 0 Å². The lowest BCUT2D eigenvalue weighted by Crippen LogP contribution is -2.15. The molecule has 0 saturated carbocycles. The minimum absolute atomic E-state index is 0.0678. The summed E-state index contributed by atoms with van der Waals surface area (Å²) in [5.41, 5.74) is 3.36. The molecule has 4 rings (SSSR count). The Labute approximate surface area is 176 Å². The Morgan fingerprint density at radius 2 is 1.63 bits per heavy atom. The van der Waals surface area contributed by atoms with Gasteiger partial charge in [-0.15, -0.1) is 0 Å². The van der Waals surface area contributed by atoms with E-state index >= 15 is 0 Å². The predicted molar refractivity (Wildman–Crippen MR) is 122 cm³/mol. The molecule has 2 aromatic carbocycles. The van der Waals surface area contributed by atoms with Crippen molar-refractivity contribution in [1.29, 1.82) is 0 Å². The van der Waals surface area contributed by atoms with Gasteiger partial charge in [0.1, 0.15) is 5.82 Å². The van der Waals surface area contributed by atoms with Crippen LogP contribution in [0.5, 0.6) is 0 Å². The van der Waals surface area contributed by atoms with E-state index in [1.54, 1.807) is 24.5 Å². The van der Waals surface area contributed by atoms with Gasteiger partial charge in [0.05, 0.1) is 5.56 Å². The van der Waals surface area contributed by atoms with Crippen molar-refractivity contribution in [3.8, 4) is 0 Å². The van der Waals surface area contributed by atoms with Crippen molar-refractivity contribution in [3.05, 3.63) is 90.4 Å². The molecule has 0 fully saturated rings. The first-order valence-corrected chi connectivity index (χ1v) is 9.88. The van der Waals surface area contributed by atoms with Crippen LogP contribution in [-0.4, -0.2) is 15.9 Å². The number of hydrogen-bond donors (Lipinski definition) is 2. The van der Waals surface area contributed by atoms with E-state index in [1.165, 1.54) is 5.56 Å². The lowest BCUT2D eigenvalue weighted by atomic mass is 9.87. The first kappa shape index (κ1) is 19.6. The summed E-state index contributed by atoms with van der Waals surface area (Å²) in [5.74, 6) is 0.293. The summed E-state index contributed by atoms with van der Waals surface area (Å²) >= 11 is 0. The number of carbonyl (C=O) groups is 1. The first-order valence-electron chi connectivity index (χ1n) is 9.88. The maximum Gasteiger partial charge on any atom is 0.259 e. The van der Waals surface area contributed by atoms with Crippen LogP contribution in [0.3, 0.4) is 0 Å². The average molecular weight is 396 g/mol. The van der Waals surface area contributed by atoms with Crippen LogP contribution in [-0.2, 0) is 5.41 Å². The molecule has 0 atom stereocenters. The Morgan fingerprint density at radius 1 is 0.867 bits per heavy atom. The molecule has 4 aromatic rings. The molecule has 0 aliphatic rings. The molecule has 2 aromatic heterocycles. The largest absolute Gasteiger partial charge is 0.340 e. The molecule has 0 radical (unpaired) electrons. The minimum Gasteiger partial charge on any atom is -0.340 e. The molecule has 1 amide bonds. The van der Waals surface area contributed by atoms with Gasteiger partial charge in [0.2, 0.25) is 0 Å². The van der Waals surface area contributed by atoms with Crippen LogP contribution in [0, 0.1) is 0 Å². The molecule has 2 N–H and O–H groups in total. The Hall–Kier alpha value is -3.73. The van der Waals surface area contributed by atoms with Crippen molar-refractivity contribution in [1.82, 2.24) is 9.97 Å². The highest BCUT2D eigenvalue weighted by molar-refractivity contribution is 6.07. The molecular formula is C25H24N4O. The number of nitrogens with zero attached hydrogens (tertiary/aromatic N) is 2. The van der Waals surface area contributed by atoms with Crippen molar-refractivity contribution < 1.29 is 4.79 Å². The standard InChI is InChI=1S/C25H24N4O/c1-25(2,3)19-7-10-20(11-8-19)29-24(30)22-5-4-13-27-23(22)28-21-9-6-17-12-14-26-16-18(17)15-21/h4-16H,1-3H3,(H,27,28)(H,29,30). The molecule has 0 aliphatic heterocycles. The third kappa shape index (κ3) is 4.30. The second-order valence-corrected chi connectivity index (χ2v) is 8.24. The van der Waals surface area contributed by atoms with Crippen molar-refractivity contribution in [3.63, 3.8) is 0 Å². The number of carbonyl (C=O) groups excluding carboxylic acids is 1. The number of pyridine rings is 2. The summed E-state index contributed by atoms with van der Waals surface area (Å²) in [4.78, 5) is 21.5. The van der Waals surface area contributed by atoms with Crippen LogP contribution in [0.4, 0.5) is 17.2 Å². The maximum atomic E-state index is 12.9. The number of amides is 1. The van der Waals surface area contributed by atoms with Crippen molar-refractivity contribution in [2.75, 3.05) is 10.6 Å². The monoisotopic (exact) mass is 396 g/mol. The predicted octanol–water partition coefficient (Wildman–Crippen LogP) is 5.92. The van der Waals surface area contributed by atoms with Crippen LogP contribution >= 0.6 is 0 Å². The summed E-state index contributed by atoms with van der Waals surface area (Å²) in [6.45, 7) is 6.49. The Balaban J connectivity index is 1.55. The van der Waals surface area contributed by atoms with Gasteiger partial charge < -0.3 is 10.6 Å². The summed E-state index contributed by atoms with van der Waals surface area (Å²) < 4.78 is 0. The summed E-state index contributed by atoms with van der Waals surface area (Å²) in [6, 6.07) is 19.4. The third-order valence-corrected chi connectivity index (χ3v) is 4.96. The topological polar surface area (TPSA) is 66.9 Å². The van der Waals surface area contributed by atoms with E-state index in [-0.39, 0.29) is 11.3 Å². The van der Waals surface area contributed by atoms with E-state index in [1.807, 2.05) is 54.7 Å². The zero-order chi connectivity index (χ0) is 21.1. The molecule has 0 bridgehead atoms. The SMILES string of the molecule is CC(C)(C)c1ccc(NC(=O)c2cccnc2Nc2ccc3ccncc3c2)cc1. The van der Waals surface area contributed by atoms with Gasteiger partial charge in [0, 0.05) is 35.4 Å². The van der Waals surface area contributed by atoms with E-state index in [0.717, 1.165) is 22.1 Å². The fourth-order valence-corrected chi connectivity index (χ4v) is 3.24. The Kier molecular flexibility index (Phi) is 5.19. The summed E-state index contributed by atoms with van der Waals surface area (Å²) in [6.07, 6.45) is 5.25. The molecule has 30 heavy (non-hydrogen) atoms. The van der Waals surface area contributed by atoms with Crippen molar-refractivity contribution >= 4 is 33.9 Å². The van der Waals surface area contributed by atoms with Gasteiger partial charge >= 0.3 is 0 Å². The van der Waals surface area contributed by atoms with E-state index < -0.39 is 0 Å². The molecule has 0 spiro atoms. The minimum atomic E-state index is -0.212. The lowest BCUT2D eigenvalue weighted by Gasteiger charge is -2.19. The van der Waals surface area contributed by atoms with Gasteiger partial charge in [-0.3, -0.25) is 9.78 Å². The van der Waals surface area contributed by atoms with Crippen LogP contribution in [0.25, 0.3) is 10.8 Å². The lowest BCUT2D eigenvalue weighted by molar-refractivity contribution is 0.102. The first-order chi connectivity index (χ1) is 14.4. The van der Waals surface area contributed by atoms with Crippen LogP contribution in [0.1, 0.15) is 36.7 Å². The van der Waals surface area contributed by atoms with E-state index in [9.17, 15) is 4.79 Å². The molecule has 0 saturated heterocycles. The molecule has 2 heterocycles. The molecule has 0 unspecified atom stereocenters. The van der Waals surface area contributed by atoms with Crippen molar-refractivity contribution in [2.45, 2.75) is 26.2 Å². The fraction of sp³-hybridized carbons (Fsp3) is 0.160. The molecular weight excluding hydrogens is 372 g/mol. The molecule has 150 valence electrons. The van der Waals surface area contributed by atoms with Gasteiger partial charge in [0.15, 0.2) is 0 Å². The summed E-state index contributed by atoms with van der Waals surface area (Å²) in [7, 11) is 0. The zero-order valence-electron chi connectivity index (χ0n) is 17.3. The number of hydrogen-bond acceptors (Lipinski definition) is 4. The Morgan fingerprint density at radius 3 is 2.40 bits per heavy atom. The number of anilines is 3. The van der Waals surface area contributed by atoms with Gasteiger partial charge in [0.25, 0.3) is 5.91 Å². The number of aromatic nitrogens is 2. The average Bonchev–Trinajstić information content (AvgIpc) is 2.74. The smallest absolute Gasteiger partial charge is 0.259 e. The van der Waals surface area contributed by atoms with E-state index in [0.29, 0.717) is 11.4 Å². The number of fused-ring (bicyclic) bond motifs is 1. The van der Waals surface area contributed by atoms with Gasteiger partial charge in [-0.05, 0) is 58.8 Å². The third-order valence-electron chi connectivity index (χ3n) is 4.96. The van der Waals surface area contributed by atoms with Gasteiger partial charge in [-0.2, -0.15) is 0 Å². The molecule has 0 aliphatic carbocycles. The number of benzene rings is 2. The van der Waals surface area contributed by atoms with Crippen LogP contribution < -0.4 is 10.6 Å². The second-order valence-electron chi connectivity index (χ2n) is 8.24. The summed E-state index contributed by atoms with van der Waals surface area (Å²) in [5, 5.41) is 8.35.